The predicted molar refractivity (Wildman–Crippen MR) is 63.7 cm³/mol. The van der Waals surface area contributed by atoms with E-state index in [1.807, 2.05) is 13.8 Å². The molecule has 0 aliphatic heterocycles. The Balaban J connectivity index is 2.28. The first-order valence-electron chi connectivity index (χ1n) is 4.93. The van der Waals surface area contributed by atoms with Crippen LogP contribution in [0, 0.1) is 6.92 Å². The van der Waals surface area contributed by atoms with Crippen LogP contribution in [0.2, 0.25) is 0 Å². The van der Waals surface area contributed by atoms with Crippen molar-refractivity contribution in [3.05, 3.63) is 16.1 Å². The highest BCUT2D eigenvalue weighted by molar-refractivity contribution is 7.11. The molecule has 1 aromatic heterocycles. The molecule has 1 aromatic rings. The number of aromatic nitrogens is 1. The Morgan fingerprint density at radius 3 is 3.00 bits per heavy atom. The SMILES string of the molecule is Cc1ncsc1C(=O)NCCCC(C)Cl. The molecule has 15 heavy (non-hydrogen) atoms. The molecule has 84 valence electrons. The highest BCUT2D eigenvalue weighted by Crippen LogP contribution is 2.11. The van der Waals surface area contributed by atoms with Gasteiger partial charge in [0.1, 0.15) is 4.88 Å². The van der Waals surface area contributed by atoms with Crippen LogP contribution in [-0.2, 0) is 0 Å². The summed E-state index contributed by atoms with van der Waals surface area (Å²) in [6, 6.07) is 0. The number of nitrogens with zero attached hydrogens (tertiary/aromatic N) is 1. The lowest BCUT2D eigenvalue weighted by atomic mass is 10.2. The molecule has 0 aromatic carbocycles. The summed E-state index contributed by atoms with van der Waals surface area (Å²) < 4.78 is 0. The normalized spacial score (nSPS) is 12.5. The Hall–Kier alpha value is -0.610. The number of rotatable bonds is 5. The van der Waals surface area contributed by atoms with E-state index in [1.165, 1.54) is 11.3 Å². The van der Waals surface area contributed by atoms with Gasteiger partial charge in [-0.3, -0.25) is 4.79 Å². The summed E-state index contributed by atoms with van der Waals surface area (Å²) in [6.07, 6.45) is 1.83. The van der Waals surface area contributed by atoms with Crippen molar-refractivity contribution in [1.29, 1.82) is 0 Å². The molecule has 0 fully saturated rings. The number of hydrogen-bond donors (Lipinski definition) is 1. The quantitative estimate of drug-likeness (QED) is 0.641. The van der Waals surface area contributed by atoms with E-state index in [-0.39, 0.29) is 11.3 Å². The summed E-state index contributed by atoms with van der Waals surface area (Å²) in [4.78, 5) is 16.3. The lowest BCUT2D eigenvalue weighted by Gasteiger charge is -2.04. The maximum atomic E-state index is 11.6. The number of nitrogens with one attached hydrogen (secondary N) is 1. The maximum absolute atomic E-state index is 11.6. The van der Waals surface area contributed by atoms with Crippen LogP contribution in [0.15, 0.2) is 5.51 Å². The number of hydrogen-bond acceptors (Lipinski definition) is 3. The molecular weight excluding hydrogens is 232 g/mol. The van der Waals surface area contributed by atoms with Crippen LogP contribution in [0.1, 0.15) is 35.1 Å². The lowest BCUT2D eigenvalue weighted by molar-refractivity contribution is 0.0956. The molecule has 1 N–H and O–H groups in total. The number of halogens is 1. The molecule has 1 amide bonds. The van der Waals surface area contributed by atoms with Gasteiger partial charge in [-0.1, -0.05) is 0 Å². The van der Waals surface area contributed by atoms with E-state index >= 15 is 0 Å². The maximum Gasteiger partial charge on any atom is 0.263 e. The molecule has 3 nitrogen and oxygen atoms in total. The average molecular weight is 247 g/mol. The number of amides is 1. The molecule has 1 atom stereocenters. The van der Waals surface area contributed by atoms with E-state index in [4.69, 9.17) is 11.6 Å². The van der Waals surface area contributed by atoms with Gasteiger partial charge in [0.2, 0.25) is 0 Å². The van der Waals surface area contributed by atoms with Crippen LogP contribution in [0.4, 0.5) is 0 Å². The van der Waals surface area contributed by atoms with Gasteiger partial charge in [-0.05, 0) is 26.7 Å². The minimum absolute atomic E-state index is 0.0303. The van der Waals surface area contributed by atoms with Gasteiger partial charge in [-0.15, -0.1) is 22.9 Å². The minimum Gasteiger partial charge on any atom is -0.351 e. The molecule has 1 rings (SSSR count). The van der Waals surface area contributed by atoms with Gasteiger partial charge in [0, 0.05) is 11.9 Å². The van der Waals surface area contributed by atoms with Crippen LogP contribution in [-0.4, -0.2) is 22.8 Å². The monoisotopic (exact) mass is 246 g/mol. The van der Waals surface area contributed by atoms with Crippen molar-refractivity contribution < 1.29 is 4.79 Å². The number of alkyl halides is 1. The van der Waals surface area contributed by atoms with Gasteiger partial charge in [0.15, 0.2) is 0 Å². The van der Waals surface area contributed by atoms with Crippen LogP contribution in [0.3, 0.4) is 0 Å². The topological polar surface area (TPSA) is 42.0 Å². The molecule has 1 heterocycles. The van der Waals surface area contributed by atoms with Crippen molar-refractivity contribution in [3.63, 3.8) is 0 Å². The van der Waals surface area contributed by atoms with Crippen molar-refractivity contribution in [3.8, 4) is 0 Å². The molecule has 0 aliphatic rings. The summed E-state index contributed by atoms with van der Waals surface area (Å²) >= 11 is 7.17. The molecule has 0 radical (unpaired) electrons. The van der Waals surface area contributed by atoms with Gasteiger partial charge in [-0.2, -0.15) is 0 Å². The zero-order valence-corrected chi connectivity index (χ0v) is 10.5. The van der Waals surface area contributed by atoms with Crippen LogP contribution in [0.5, 0.6) is 0 Å². The fourth-order valence-electron chi connectivity index (χ4n) is 1.19. The van der Waals surface area contributed by atoms with E-state index in [0.717, 1.165) is 18.5 Å². The molecule has 0 saturated heterocycles. The summed E-state index contributed by atoms with van der Waals surface area (Å²) in [7, 11) is 0. The first-order chi connectivity index (χ1) is 7.11. The zero-order valence-electron chi connectivity index (χ0n) is 8.92. The first-order valence-corrected chi connectivity index (χ1v) is 6.25. The highest BCUT2D eigenvalue weighted by Gasteiger charge is 2.10. The van der Waals surface area contributed by atoms with Crippen molar-refractivity contribution in [1.82, 2.24) is 10.3 Å². The summed E-state index contributed by atoms with van der Waals surface area (Å²) in [6.45, 7) is 4.47. The number of carbonyl (C=O) groups excluding carboxylic acids is 1. The Morgan fingerprint density at radius 1 is 1.73 bits per heavy atom. The fraction of sp³-hybridized carbons (Fsp3) is 0.600. The Kier molecular flexibility index (Phi) is 5.05. The van der Waals surface area contributed by atoms with Crippen molar-refractivity contribution >= 4 is 28.8 Å². The third kappa shape index (κ3) is 4.18. The van der Waals surface area contributed by atoms with Crippen molar-refractivity contribution in [2.75, 3.05) is 6.54 Å². The van der Waals surface area contributed by atoms with E-state index < -0.39 is 0 Å². The van der Waals surface area contributed by atoms with E-state index in [9.17, 15) is 4.79 Å². The average Bonchev–Trinajstić information content (AvgIpc) is 2.58. The molecule has 5 heteroatoms. The first kappa shape index (κ1) is 12.5. The minimum atomic E-state index is -0.0303. The number of aryl methyl sites for hydroxylation is 1. The molecule has 1 unspecified atom stereocenters. The molecule has 0 saturated carbocycles. The van der Waals surface area contributed by atoms with Crippen molar-refractivity contribution in [2.24, 2.45) is 0 Å². The van der Waals surface area contributed by atoms with Gasteiger partial charge < -0.3 is 5.32 Å². The lowest BCUT2D eigenvalue weighted by Crippen LogP contribution is -2.24. The Bertz CT molecular complexity index is 325. The molecular formula is C10H15ClN2OS. The van der Waals surface area contributed by atoms with Gasteiger partial charge in [-0.25, -0.2) is 4.98 Å². The van der Waals surface area contributed by atoms with Crippen LogP contribution >= 0.6 is 22.9 Å². The second-order valence-electron chi connectivity index (χ2n) is 3.45. The van der Waals surface area contributed by atoms with Crippen molar-refractivity contribution in [2.45, 2.75) is 32.1 Å². The molecule has 0 spiro atoms. The second kappa shape index (κ2) is 6.08. The van der Waals surface area contributed by atoms with E-state index in [2.05, 4.69) is 10.3 Å². The zero-order chi connectivity index (χ0) is 11.3. The Morgan fingerprint density at radius 2 is 2.47 bits per heavy atom. The summed E-state index contributed by atoms with van der Waals surface area (Å²) in [5, 5.41) is 3.03. The largest absolute Gasteiger partial charge is 0.351 e. The third-order valence-electron chi connectivity index (χ3n) is 2.02. The molecule has 0 aliphatic carbocycles. The third-order valence-corrected chi connectivity index (χ3v) is 3.16. The molecule has 0 bridgehead atoms. The van der Waals surface area contributed by atoms with Gasteiger partial charge in [0.25, 0.3) is 5.91 Å². The fourth-order valence-corrected chi connectivity index (χ4v) is 2.06. The highest BCUT2D eigenvalue weighted by atomic mass is 35.5. The van der Waals surface area contributed by atoms with Crippen LogP contribution < -0.4 is 5.32 Å². The smallest absolute Gasteiger partial charge is 0.263 e. The van der Waals surface area contributed by atoms with Crippen LogP contribution in [0.25, 0.3) is 0 Å². The summed E-state index contributed by atoms with van der Waals surface area (Å²) in [5.41, 5.74) is 2.48. The number of thiazole rings is 1. The predicted octanol–water partition coefficient (Wildman–Crippen LogP) is 2.59. The number of carbonyl (C=O) groups is 1. The van der Waals surface area contributed by atoms with E-state index in [1.54, 1.807) is 5.51 Å². The Labute approximate surface area is 98.9 Å². The van der Waals surface area contributed by atoms with Gasteiger partial charge in [0.05, 0.1) is 11.2 Å². The van der Waals surface area contributed by atoms with Gasteiger partial charge >= 0.3 is 0 Å². The van der Waals surface area contributed by atoms with E-state index in [0.29, 0.717) is 11.4 Å². The second-order valence-corrected chi connectivity index (χ2v) is 5.05. The summed E-state index contributed by atoms with van der Waals surface area (Å²) in [5.74, 6) is -0.0303. The standard InChI is InChI=1S/C10H15ClN2OS/c1-7(11)4-3-5-12-10(14)9-8(2)13-6-15-9/h6-7H,3-5H2,1-2H3,(H,12,14).